The Bertz CT molecular complexity index is 464. The summed E-state index contributed by atoms with van der Waals surface area (Å²) in [6, 6.07) is 2.23. The largest absolute Gasteiger partial charge is 0.354 e. The summed E-state index contributed by atoms with van der Waals surface area (Å²) in [4.78, 5) is 9.09. The van der Waals surface area contributed by atoms with E-state index in [4.69, 9.17) is 29.0 Å². The van der Waals surface area contributed by atoms with Crippen LogP contribution in [0.1, 0.15) is 20.3 Å². The molecule has 1 aliphatic rings. The molecule has 7 heteroatoms. The van der Waals surface area contributed by atoms with Crippen LogP contribution in [0.3, 0.4) is 0 Å². The standard InChI is InChI=1S/C13H21Cl2N5/c1-3-19(4-2)9-5-6-20(8-9)13-11(15)7-10(14)12(17-13)18-16/h7,9H,3-6,8,16H2,1-2H3,(H,17,18). The molecule has 2 heterocycles. The number of nitrogen functional groups attached to an aromatic ring is 1. The number of rotatable bonds is 5. The average molecular weight is 318 g/mol. The minimum atomic E-state index is 0.431. The Kier molecular flexibility index (Phi) is 5.32. The highest BCUT2D eigenvalue weighted by Gasteiger charge is 2.28. The third-order valence-electron chi connectivity index (χ3n) is 3.84. The zero-order valence-electron chi connectivity index (χ0n) is 11.9. The van der Waals surface area contributed by atoms with Crippen LogP contribution in [-0.2, 0) is 0 Å². The van der Waals surface area contributed by atoms with Crippen LogP contribution in [0.15, 0.2) is 6.07 Å². The number of hydrazine groups is 1. The van der Waals surface area contributed by atoms with Gasteiger partial charge in [-0.05, 0) is 25.6 Å². The summed E-state index contributed by atoms with van der Waals surface area (Å²) >= 11 is 12.3. The van der Waals surface area contributed by atoms with E-state index in [-0.39, 0.29) is 0 Å². The highest BCUT2D eigenvalue weighted by molar-refractivity contribution is 6.37. The summed E-state index contributed by atoms with van der Waals surface area (Å²) < 4.78 is 0. The van der Waals surface area contributed by atoms with Gasteiger partial charge in [-0.15, -0.1) is 0 Å². The average Bonchev–Trinajstić information content (AvgIpc) is 2.90. The van der Waals surface area contributed by atoms with Gasteiger partial charge in [-0.25, -0.2) is 10.8 Å². The van der Waals surface area contributed by atoms with E-state index < -0.39 is 0 Å². The van der Waals surface area contributed by atoms with Crippen molar-refractivity contribution in [2.24, 2.45) is 5.84 Å². The molecule has 0 radical (unpaired) electrons. The minimum Gasteiger partial charge on any atom is -0.354 e. The Labute approximate surface area is 130 Å². The van der Waals surface area contributed by atoms with Gasteiger partial charge in [-0.2, -0.15) is 0 Å². The molecule has 1 saturated heterocycles. The first kappa shape index (κ1) is 15.6. The second-order valence-corrected chi connectivity index (χ2v) is 5.69. The van der Waals surface area contributed by atoms with Gasteiger partial charge in [0.05, 0.1) is 10.0 Å². The highest BCUT2D eigenvalue weighted by Crippen LogP contribution is 2.33. The zero-order valence-corrected chi connectivity index (χ0v) is 13.4. The zero-order chi connectivity index (χ0) is 14.7. The molecule has 0 aliphatic carbocycles. The van der Waals surface area contributed by atoms with Crippen molar-refractivity contribution in [3.8, 4) is 0 Å². The van der Waals surface area contributed by atoms with Crippen molar-refractivity contribution in [3.63, 3.8) is 0 Å². The number of anilines is 2. The summed E-state index contributed by atoms with van der Waals surface area (Å²) in [5.41, 5.74) is 2.50. The number of hydrogen-bond donors (Lipinski definition) is 2. The van der Waals surface area contributed by atoms with Crippen LogP contribution in [0.5, 0.6) is 0 Å². The maximum absolute atomic E-state index is 6.26. The normalized spacial score (nSPS) is 18.9. The van der Waals surface area contributed by atoms with Crippen molar-refractivity contribution in [1.82, 2.24) is 9.88 Å². The third-order valence-corrected chi connectivity index (χ3v) is 4.41. The van der Waals surface area contributed by atoms with E-state index in [9.17, 15) is 0 Å². The van der Waals surface area contributed by atoms with Crippen molar-refractivity contribution in [2.75, 3.05) is 36.5 Å². The summed E-state index contributed by atoms with van der Waals surface area (Å²) in [6.07, 6.45) is 1.12. The van der Waals surface area contributed by atoms with Gasteiger partial charge < -0.3 is 10.3 Å². The van der Waals surface area contributed by atoms with Gasteiger partial charge in [-0.3, -0.25) is 4.90 Å². The van der Waals surface area contributed by atoms with E-state index in [0.29, 0.717) is 21.9 Å². The maximum Gasteiger partial charge on any atom is 0.161 e. The SMILES string of the molecule is CCN(CC)C1CCN(c2nc(NN)c(Cl)cc2Cl)C1. The van der Waals surface area contributed by atoms with Crippen LogP contribution in [0, 0.1) is 0 Å². The van der Waals surface area contributed by atoms with E-state index in [0.717, 1.165) is 38.4 Å². The summed E-state index contributed by atoms with van der Waals surface area (Å²) in [7, 11) is 0. The summed E-state index contributed by atoms with van der Waals surface area (Å²) in [6.45, 7) is 8.38. The van der Waals surface area contributed by atoms with E-state index in [1.807, 2.05) is 0 Å². The summed E-state index contributed by atoms with van der Waals surface area (Å²) in [5.74, 6) is 6.62. The molecule has 0 amide bonds. The van der Waals surface area contributed by atoms with Gasteiger partial charge in [0.25, 0.3) is 0 Å². The van der Waals surface area contributed by atoms with E-state index in [1.54, 1.807) is 6.07 Å². The first-order valence-corrected chi connectivity index (χ1v) is 7.67. The molecule has 3 N–H and O–H groups in total. The Hall–Kier alpha value is -0.750. The highest BCUT2D eigenvalue weighted by atomic mass is 35.5. The lowest BCUT2D eigenvalue weighted by Crippen LogP contribution is -2.37. The number of hydrogen-bond acceptors (Lipinski definition) is 5. The number of aromatic nitrogens is 1. The fraction of sp³-hybridized carbons (Fsp3) is 0.615. The van der Waals surface area contributed by atoms with Gasteiger partial charge in [0.1, 0.15) is 5.82 Å². The van der Waals surface area contributed by atoms with Gasteiger partial charge in [0, 0.05) is 19.1 Å². The molecule has 2 rings (SSSR count). The molecule has 0 spiro atoms. The van der Waals surface area contributed by atoms with E-state index >= 15 is 0 Å². The quantitative estimate of drug-likeness (QED) is 0.645. The molecule has 5 nitrogen and oxygen atoms in total. The lowest BCUT2D eigenvalue weighted by molar-refractivity contribution is 0.232. The molecule has 1 aromatic rings. The van der Waals surface area contributed by atoms with Crippen LogP contribution in [0.4, 0.5) is 11.6 Å². The van der Waals surface area contributed by atoms with Crippen LogP contribution < -0.4 is 16.2 Å². The van der Waals surface area contributed by atoms with Crippen LogP contribution in [-0.4, -0.2) is 42.1 Å². The molecule has 20 heavy (non-hydrogen) atoms. The minimum absolute atomic E-state index is 0.431. The van der Waals surface area contributed by atoms with Crippen molar-refractivity contribution in [1.29, 1.82) is 0 Å². The molecule has 0 bridgehead atoms. The molecule has 1 aromatic heterocycles. The number of nitrogens with zero attached hydrogens (tertiary/aromatic N) is 3. The molecular weight excluding hydrogens is 297 g/mol. The fourth-order valence-electron chi connectivity index (χ4n) is 2.75. The first-order chi connectivity index (χ1) is 9.60. The monoisotopic (exact) mass is 317 g/mol. The molecule has 112 valence electrons. The smallest absolute Gasteiger partial charge is 0.161 e. The molecule has 1 aliphatic heterocycles. The molecule has 1 fully saturated rings. The Morgan fingerprint density at radius 1 is 1.40 bits per heavy atom. The number of nitrogens with two attached hydrogens (primary N) is 1. The first-order valence-electron chi connectivity index (χ1n) is 6.92. The van der Waals surface area contributed by atoms with Gasteiger partial charge in [0.15, 0.2) is 5.82 Å². The van der Waals surface area contributed by atoms with Crippen LogP contribution in [0.2, 0.25) is 10.0 Å². The number of likely N-dealkylation sites (N-methyl/N-ethyl adjacent to an activating group) is 1. The maximum atomic E-state index is 6.26. The third kappa shape index (κ3) is 3.11. The second kappa shape index (κ2) is 6.80. The Morgan fingerprint density at radius 2 is 2.10 bits per heavy atom. The van der Waals surface area contributed by atoms with E-state index in [1.165, 1.54) is 0 Å². The Morgan fingerprint density at radius 3 is 2.70 bits per heavy atom. The molecule has 1 unspecified atom stereocenters. The number of nitrogens with one attached hydrogen (secondary N) is 1. The second-order valence-electron chi connectivity index (χ2n) is 4.88. The topological polar surface area (TPSA) is 57.4 Å². The van der Waals surface area contributed by atoms with Gasteiger partial charge in [0.2, 0.25) is 0 Å². The number of halogens is 2. The van der Waals surface area contributed by atoms with Crippen LogP contribution in [0.25, 0.3) is 0 Å². The van der Waals surface area contributed by atoms with Crippen molar-refractivity contribution < 1.29 is 0 Å². The fourth-order valence-corrected chi connectivity index (χ4v) is 3.28. The van der Waals surface area contributed by atoms with E-state index in [2.05, 4.69) is 34.1 Å². The lowest BCUT2D eigenvalue weighted by atomic mass is 10.2. The van der Waals surface area contributed by atoms with Crippen LogP contribution >= 0.6 is 23.2 Å². The predicted octanol–water partition coefficient (Wildman–Crippen LogP) is 2.59. The molecule has 0 saturated carbocycles. The summed E-state index contributed by atoms with van der Waals surface area (Å²) in [5, 5.41) is 0.995. The van der Waals surface area contributed by atoms with Gasteiger partial charge in [-0.1, -0.05) is 37.0 Å². The van der Waals surface area contributed by atoms with Crippen molar-refractivity contribution in [3.05, 3.63) is 16.1 Å². The van der Waals surface area contributed by atoms with Crippen molar-refractivity contribution >= 4 is 34.8 Å². The van der Waals surface area contributed by atoms with Gasteiger partial charge >= 0.3 is 0 Å². The van der Waals surface area contributed by atoms with Crippen molar-refractivity contribution in [2.45, 2.75) is 26.3 Å². The molecule has 0 aromatic carbocycles. The number of pyridine rings is 1. The lowest BCUT2D eigenvalue weighted by Gasteiger charge is -2.26. The molecular formula is C13H21Cl2N5. The molecule has 1 atom stereocenters. The predicted molar refractivity (Wildman–Crippen MR) is 85.6 cm³/mol. The Balaban J connectivity index is 2.17.